The topological polar surface area (TPSA) is 56.1 Å². The zero-order valence-electron chi connectivity index (χ0n) is 13.3. The van der Waals surface area contributed by atoms with E-state index in [0.29, 0.717) is 24.2 Å². The van der Waals surface area contributed by atoms with Gasteiger partial charge in [-0.2, -0.15) is 5.10 Å². The fourth-order valence-electron chi connectivity index (χ4n) is 2.83. The lowest BCUT2D eigenvalue weighted by Crippen LogP contribution is -2.44. The van der Waals surface area contributed by atoms with Crippen LogP contribution in [0.2, 0.25) is 5.15 Å². The fraction of sp³-hybridized carbons (Fsp3) is 0.533. The first-order valence-corrected chi connectivity index (χ1v) is 7.74. The van der Waals surface area contributed by atoms with Crippen molar-refractivity contribution in [1.82, 2.24) is 19.7 Å². The lowest BCUT2D eigenvalue weighted by molar-refractivity contribution is 0.0985. The van der Waals surface area contributed by atoms with E-state index in [9.17, 15) is 0 Å². The predicted octanol–water partition coefficient (Wildman–Crippen LogP) is 2.37. The minimum atomic E-state index is 0.267. The molecule has 0 saturated carbocycles. The molecule has 0 unspecified atom stereocenters. The molecular formula is C15H20ClN5O. The highest BCUT2D eigenvalue weighted by Gasteiger charge is 2.23. The summed E-state index contributed by atoms with van der Waals surface area (Å²) in [6, 6.07) is 2.08. The van der Waals surface area contributed by atoms with Crippen LogP contribution in [0.4, 0.5) is 5.82 Å². The van der Waals surface area contributed by atoms with Crippen LogP contribution in [0.5, 0.6) is 0 Å². The van der Waals surface area contributed by atoms with E-state index in [1.807, 2.05) is 31.6 Å². The first-order valence-electron chi connectivity index (χ1n) is 7.37. The number of morpholine rings is 1. The summed E-state index contributed by atoms with van der Waals surface area (Å²) in [5.74, 6) is 1.47. The third-order valence-corrected chi connectivity index (χ3v) is 4.27. The van der Waals surface area contributed by atoms with Gasteiger partial charge in [0.25, 0.3) is 0 Å². The molecule has 1 aliphatic heterocycles. The molecule has 3 rings (SSSR count). The third-order valence-electron chi connectivity index (χ3n) is 4.08. The van der Waals surface area contributed by atoms with Crippen molar-refractivity contribution in [3.05, 3.63) is 22.6 Å². The van der Waals surface area contributed by atoms with E-state index in [2.05, 4.69) is 21.9 Å². The first kappa shape index (κ1) is 15.2. The number of nitrogens with zero attached hydrogens (tertiary/aromatic N) is 5. The van der Waals surface area contributed by atoms with Gasteiger partial charge in [0.2, 0.25) is 0 Å². The van der Waals surface area contributed by atoms with Crippen LogP contribution in [0.25, 0.3) is 11.4 Å². The van der Waals surface area contributed by atoms with Gasteiger partial charge in [-0.25, -0.2) is 9.97 Å². The number of aromatic nitrogens is 4. The molecule has 0 N–H and O–H groups in total. The monoisotopic (exact) mass is 321 g/mol. The van der Waals surface area contributed by atoms with Crippen LogP contribution < -0.4 is 4.90 Å². The van der Waals surface area contributed by atoms with Crippen LogP contribution in [0, 0.1) is 13.8 Å². The molecular weight excluding hydrogens is 302 g/mol. The molecule has 0 spiro atoms. The SMILES string of the molecule is Cc1nn(C)c(C)c1-c1nc(Cl)cc(N2CCOC[C@H]2C)n1. The summed E-state index contributed by atoms with van der Waals surface area (Å²) in [7, 11) is 1.92. The summed E-state index contributed by atoms with van der Waals surface area (Å²) < 4.78 is 7.33. The van der Waals surface area contributed by atoms with Crippen LogP contribution in [0.1, 0.15) is 18.3 Å². The Kier molecular flexibility index (Phi) is 4.06. The molecule has 0 aliphatic carbocycles. The number of hydrogen-bond donors (Lipinski definition) is 0. The van der Waals surface area contributed by atoms with E-state index in [1.54, 1.807) is 0 Å². The lowest BCUT2D eigenvalue weighted by atomic mass is 10.2. The maximum Gasteiger partial charge on any atom is 0.166 e. The zero-order chi connectivity index (χ0) is 15.9. The average molecular weight is 322 g/mol. The van der Waals surface area contributed by atoms with Gasteiger partial charge in [-0.3, -0.25) is 4.68 Å². The van der Waals surface area contributed by atoms with Crippen LogP contribution in [-0.2, 0) is 11.8 Å². The van der Waals surface area contributed by atoms with Gasteiger partial charge in [0.15, 0.2) is 5.82 Å². The highest BCUT2D eigenvalue weighted by Crippen LogP contribution is 2.28. The van der Waals surface area contributed by atoms with Crippen molar-refractivity contribution in [3.8, 4) is 11.4 Å². The van der Waals surface area contributed by atoms with Gasteiger partial charge in [-0.15, -0.1) is 0 Å². The Morgan fingerprint density at radius 1 is 1.32 bits per heavy atom. The second-order valence-electron chi connectivity index (χ2n) is 5.66. The highest BCUT2D eigenvalue weighted by molar-refractivity contribution is 6.29. The molecule has 1 fully saturated rings. The molecule has 0 amide bonds. The van der Waals surface area contributed by atoms with Crippen molar-refractivity contribution in [2.75, 3.05) is 24.7 Å². The Bertz CT molecular complexity index is 699. The molecule has 1 saturated heterocycles. The normalized spacial score (nSPS) is 18.8. The van der Waals surface area contributed by atoms with E-state index < -0.39 is 0 Å². The molecule has 0 aromatic carbocycles. The molecule has 2 aromatic heterocycles. The van der Waals surface area contributed by atoms with Crippen molar-refractivity contribution in [2.45, 2.75) is 26.8 Å². The van der Waals surface area contributed by atoms with E-state index in [1.165, 1.54) is 0 Å². The van der Waals surface area contributed by atoms with Gasteiger partial charge in [0, 0.05) is 25.4 Å². The Morgan fingerprint density at radius 3 is 2.73 bits per heavy atom. The van der Waals surface area contributed by atoms with Crippen molar-refractivity contribution < 1.29 is 4.74 Å². The summed E-state index contributed by atoms with van der Waals surface area (Å²) in [6.07, 6.45) is 0. The molecule has 1 aliphatic rings. The zero-order valence-corrected chi connectivity index (χ0v) is 14.1. The minimum Gasteiger partial charge on any atom is -0.377 e. The van der Waals surface area contributed by atoms with Gasteiger partial charge in [0.1, 0.15) is 11.0 Å². The quantitative estimate of drug-likeness (QED) is 0.795. The minimum absolute atomic E-state index is 0.267. The predicted molar refractivity (Wildman–Crippen MR) is 86.3 cm³/mol. The maximum atomic E-state index is 6.24. The summed E-state index contributed by atoms with van der Waals surface area (Å²) in [5, 5.41) is 4.88. The van der Waals surface area contributed by atoms with Crippen molar-refractivity contribution in [3.63, 3.8) is 0 Å². The smallest absolute Gasteiger partial charge is 0.166 e. The highest BCUT2D eigenvalue weighted by atomic mass is 35.5. The van der Waals surface area contributed by atoms with Crippen LogP contribution in [0.15, 0.2) is 6.07 Å². The van der Waals surface area contributed by atoms with Gasteiger partial charge < -0.3 is 9.64 Å². The molecule has 0 bridgehead atoms. The Morgan fingerprint density at radius 2 is 2.09 bits per heavy atom. The first-order chi connectivity index (χ1) is 10.5. The third kappa shape index (κ3) is 2.68. The van der Waals surface area contributed by atoms with E-state index in [-0.39, 0.29) is 6.04 Å². The van der Waals surface area contributed by atoms with Crippen molar-refractivity contribution >= 4 is 17.4 Å². The van der Waals surface area contributed by atoms with E-state index in [0.717, 1.165) is 29.3 Å². The molecule has 22 heavy (non-hydrogen) atoms. The van der Waals surface area contributed by atoms with Crippen LogP contribution in [-0.4, -0.2) is 45.5 Å². The number of anilines is 1. The van der Waals surface area contributed by atoms with Crippen molar-refractivity contribution in [1.29, 1.82) is 0 Å². The molecule has 118 valence electrons. The van der Waals surface area contributed by atoms with Gasteiger partial charge in [-0.05, 0) is 20.8 Å². The Labute approximate surface area is 135 Å². The average Bonchev–Trinajstić information content (AvgIpc) is 2.72. The molecule has 3 heterocycles. The fourth-order valence-corrected chi connectivity index (χ4v) is 3.01. The summed E-state index contributed by atoms with van der Waals surface area (Å²) >= 11 is 6.24. The molecule has 1 atom stereocenters. The number of aryl methyl sites for hydroxylation is 2. The van der Waals surface area contributed by atoms with Crippen LogP contribution >= 0.6 is 11.6 Å². The largest absolute Gasteiger partial charge is 0.377 e. The number of ether oxygens (including phenoxy) is 1. The second-order valence-corrected chi connectivity index (χ2v) is 6.05. The molecule has 0 radical (unpaired) electrons. The van der Waals surface area contributed by atoms with Crippen LogP contribution in [0.3, 0.4) is 0 Å². The number of rotatable bonds is 2. The molecule has 7 heteroatoms. The van der Waals surface area contributed by atoms with Gasteiger partial charge in [-0.1, -0.05) is 11.6 Å². The summed E-state index contributed by atoms with van der Waals surface area (Å²) in [4.78, 5) is 11.3. The second kappa shape index (κ2) is 5.85. The van der Waals surface area contributed by atoms with Crippen molar-refractivity contribution in [2.24, 2.45) is 7.05 Å². The summed E-state index contributed by atoms with van der Waals surface area (Å²) in [6.45, 7) is 8.29. The van der Waals surface area contributed by atoms with E-state index >= 15 is 0 Å². The number of halogens is 1. The lowest BCUT2D eigenvalue weighted by Gasteiger charge is -2.34. The molecule has 6 nitrogen and oxygen atoms in total. The molecule has 2 aromatic rings. The van der Waals surface area contributed by atoms with Gasteiger partial charge in [0.05, 0.1) is 30.5 Å². The number of hydrogen-bond acceptors (Lipinski definition) is 5. The Hall–Kier alpha value is -1.66. The maximum absolute atomic E-state index is 6.24. The van der Waals surface area contributed by atoms with E-state index in [4.69, 9.17) is 21.3 Å². The Balaban J connectivity index is 2.06. The standard InChI is InChI=1S/C15H20ClN5O/c1-9-8-22-6-5-21(9)13-7-12(16)17-15(18-13)14-10(2)19-20(4)11(14)3/h7,9H,5-6,8H2,1-4H3/t9-/m1/s1. The van der Waals surface area contributed by atoms with Gasteiger partial charge >= 0.3 is 0 Å². The summed E-state index contributed by atoms with van der Waals surface area (Å²) in [5.41, 5.74) is 2.89.